The first-order valence-electron chi connectivity index (χ1n) is 7.19. The van der Waals surface area contributed by atoms with Gasteiger partial charge in [0.05, 0.1) is 0 Å². The second-order valence-corrected chi connectivity index (χ2v) is 5.86. The van der Waals surface area contributed by atoms with Crippen molar-refractivity contribution in [2.75, 3.05) is 0 Å². The van der Waals surface area contributed by atoms with E-state index in [-0.39, 0.29) is 38.8 Å². The molecule has 1 N–H and O–H groups in total. The summed E-state index contributed by atoms with van der Waals surface area (Å²) in [6.45, 7) is 5.63. The van der Waals surface area contributed by atoms with Crippen molar-refractivity contribution in [1.29, 1.82) is 0 Å². The molecule has 1 aromatic rings. The fraction of sp³-hybridized carbons (Fsp3) is 0.529. The Kier molecular flexibility index (Phi) is 11.0. The summed E-state index contributed by atoms with van der Waals surface area (Å²) in [7, 11) is 0. The monoisotopic (exact) mass is 364 g/mol. The number of carbonyl (C=O) groups excluding carboxylic acids is 1. The molecule has 0 heterocycles. The molecule has 0 aliphatic heterocycles. The van der Waals surface area contributed by atoms with Crippen molar-refractivity contribution in [1.82, 2.24) is 5.32 Å². The number of nitrogens with one attached hydrogen (secondary N) is 1. The van der Waals surface area contributed by atoms with E-state index >= 15 is 0 Å². The van der Waals surface area contributed by atoms with Gasteiger partial charge in [0, 0.05) is 38.8 Å². The fourth-order valence-electron chi connectivity index (χ4n) is 1.89. The molecule has 1 aromatic carbocycles. The van der Waals surface area contributed by atoms with Gasteiger partial charge in [-0.05, 0) is 20.8 Å². The Morgan fingerprint density at radius 3 is 2.14 bits per heavy atom. The Balaban J connectivity index is 0.000000480. The van der Waals surface area contributed by atoms with Crippen molar-refractivity contribution in [3.05, 3.63) is 42.8 Å². The van der Waals surface area contributed by atoms with Gasteiger partial charge in [-0.3, -0.25) is 0 Å². The Bertz CT molecular complexity index is 343. The van der Waals surface area contributed by atoms with Crippen LogP contribution in [0, 0.1) is 12.5 Å². The van der Waals surface area contributed by atoms with Crippen molar-refractivity contribution in [2.45, 2.75) is 58.1 Å². The number of ether oxygens (including phenoxy) is 1. The minimum atomic E-state index is -0.398. The van der Waals surface area contributed by atoms with Crippen molar-refractivity contribution in [3.8, 4) is 0 Å². The molecule has 1 fully saturated rings. The summed E-state index contributed by atoms with van der Waals surface area (Å²) in [5.74, 6) is 0. The van der Waals surface area contributed by atoms with Crippen LogP contribution < -0.4 is 5.32 Å². The van der Waals surface area contributed by atoms with Gasteiger partial charge in [0.2, 0.25) is 0 Å². The van der Waals surface area contributed by atoms with E-state index in [9.17, 15) is 4.79 Å². The van der Waals surface area contributed by atoms with Crippen molar-refractivity contribution >= 4 is 6.09 Å². The van der Waals surface area contributed by atoms with Gasteiger partial charge in [0.25, 0.3) is 0 Å². The maximum absolute atomic E-state index is 11.4. The Labute approximate surface area is 154 Å². The van der Waals surface area contributed by atoms with E-state index in [4.69, 9.17) is 4.74 Å². The summed E-state index contributed by atoms with van der Waals surface area (Å²) in [4.78, 5) is 11.4. The number of rotatable bonds is 1. The summed E-state index contributed by atoms with van der Waals surface area (Å²) in [5, 5.41) is 2.89. The Morgan fingerprint density at radius 2 is 1.76 bits per heavy atom. The number of hydrogen-bond acceptors (Lipinski definition) is 2. The van der Waals surface area contributed by atoms with Gasteiger partial charge >= 0.3 is 6.09 Å². The second-order valence-electron chi connectivity index (χ2n) is 5.86. The molecule has 2 rings (SSSR count). The zero-order valence-electron chi connectivity index (χ0n) is 13.3. The summed E-state index contributed by atoms with van der Waals surface area (Å²) in [6, 6.07) is 12.8. The summed E-state index contributed by atoms with van der Waals surface area (Å²) in [5.41, 5.74) is -0.398. The van der Waals surface area contributed by atoms with Crippen LogP contribution in [0.1, 0.15) is 46.5 Å². The molecule has 1 radical (unpaired) electrons. The number of alkyl carbamates (subject to hydrolysis) is 1. The largest absolute Gasteiger partial charge is 0.444 e. The van der Waals surface area contributed by atoms with E-state index in [0.717, 1.165) is 25.7 Å². The minimum Gasteiger partial charge on any atom is -0.444 e. The van der Waals surface area contributed by atoms with Gasteiger partial charge in [0.1, 0.15) is 5.60 Å². The molecule has 0 unspecified atom stereocenters. The van der Waals surface area contributed by atoms with Gasteiger partial charge in [-0.15, -0.1) is 0 Å². The van der Waals surface area contributed by atoms with Crippen LogP contribution in [0.3, 0.4) is 0 Å². The normalized spacial score (nSPS) is 15.0. The Hall–Kier alpha value is -0.406. The third-order valence-electron chi connectivity index (χ3n) is 2.77. The van der Waals surface area contributed by atoms with Crippen LogP contribution in [-0.4, -0.2) is 17.7 Å². The third kappa shape index (κ3) is 11.9. The molecular weight excluding hydrogens is 339 g/mol. The van der Waals surface area contributed by atoms with Crippen molar-refractivity contribution < 1.29 is 42.2 Å². The Morgan fingerprint density at radius 1 is 1.19 bits per heavy atom. The number of hydrogen-bond donors (Lipinski definition) is 1. The van der Waals surface area contributed by atoms with E-state index in [1.54, 1.807) is 0 Å². The van der Waals surface area contributed by atoms with Crippen molar-refractivity contribution in [2.24, 2.45) is 0 Å². The molecule has 1 amide bonds. The quantitative estimate of drug-likeness (QED) is 0.761. The van der Waals surface area contributed by atoms with Crippen LogP contribution in [0.15, 0.2) is 30.3 Å². The molecule has 1 aliphatic carbocycles. The number of benzene rings is 1. The second kappa shape index (κ2) is 11.2. The van der Waals surface area contributed by atoms with Gasteiger partial charge in [-0.2, -0.15) is 49.2 Å². The number of carbonyl (C=O) groups is 1. The predicted octanol–water partition coefficient (Wildman–Crippen LogP) is 4.14. The first-order valence-corrected chi connectivity index (χ1v) is 7.19. The molecule has 0 atom stereocenters. The van der Waals surface area contributed by atoms with Crippen LogP contribution in [0.25, 0.3) is 0 Å². The first kappa shape index (κ1) is 20.6. The van der Waals surface area contributed by atoms with Gasteiger partial charge in [-0.25, -0.2) is 4.79 Å². The molecule has 21 heavy (non-hydrogen) atoms. The van der Waals surface area contributed by atoms with E-state index < -0.39 is 5.60 Å². The molecule has 3 nitrogen and oxygen atoms in total. The van der Waals surface area contributed by atoms with Crippen LogP contribution in [-0.2, 0) is 37.4 Å². The summed E-state index contributed by atoms with van der Waals surface area (Å²) >= 11 is 0. The fourth-order valence-corrected chi connectivity index (χ4v) is 1.89. The zero-order valence-corrected chi connectivity index (χ0v) is 16.1. The molecule has 4 heteroatoms. The standard InChI is InChI=1S/C11H20NO2.C6H5.Y/c1-11(2,3)14-10(13)12-9-7-5-4-6-8-9;1-2-4-6-5-3-1;/h4,9H,5-8H2,1-3H3,(H,12,13);1-5H;/q2*-1;. The first-order chi connectivity index (χ1) is 9.47. The summed E-state index contributed by atoms with van der Waals surface area (Å²) < 4.78 is 5.18. The molecule has 0 spiro atoms. The van der Waals surface area contributed by atoms with E-state index in [2.05, 4.69) is 17.8 Å². The third-order valence-corrected chi connectivity index (χ3v) is 2.77. The van der Waals surface area contributed by atoms with E-state index in [1.165, 1.54) is 0 Å². The van der Waals surface area contributed by atoms with Gasteiger partial charge < -0.3 is 16.5 Å². The SMILES string of the molecule is CC(C)(C)OC(=O)NC1CC[CH-]CC1.[Y].[c-]1ccccc1. The maximum Gasteiger partial charge on any atom is 0.407 e. The minimum absolute atomic E-state index is 0. The molecule has 0 bridgehead atoms. The zero-order chi connectivity index (χ0) is 14.8. The molecule has 0 aromatic heterocycles. The molecule has 0 saturated heterocycles. The van der Waals surface area contributed by atoms with E-state index in [1.807, 2.05) is 51.1 Å². The number of amides is 1. The van der Waals surface area contributed by atoms with E-state index in [0.29, 0.717) is 6.04 Å². The maximum atomic E-state index is 11.4. The average molecular weight is 364 g/mol. The average Bonchev–Trinajstić information content (AvgIpc) is 2.40. The molecular formula is C17H25NO2Y-2. The molecule has 1 saturated carbocycles. The van der Waals surface area contributed by atoms with Crippen LogP contribution >= 0.6 is 0 Å². The van der Waals surface area contributed by atoms with Crippen LogP contribution in [0.4, 0.5) is 4.79 Å². The smallest absolute Gasteiger partial charge is 0.407 e. The topological polar surface area (TPSA) is 38.3 Å². The predicted molar refractivity (Wildman–Crippen MR) is 81.2 cm³/mol. The molecule has 115 valence electrons. The molecule has 1 aliphatic rings. The van der Waals surface area contributed by atoms with Gasteiger partial charge in [0.15, 0.2) is 0 Å². The van der Waals surface area contributed by atoms with Crippen LogP contribution in [0.2, 0.25) is 0 Å². The summed E-state index contributed by atoms with van der Waals surface area (Å²) in [6.07, 6.45) is 6.26. The van der Waals surface area contributed by atoms with Crippen molar-refractivity contribution in [3.63, 3.8) is 0 Å². The van der Waals surface area contributed by atoms with Crippen LogP contribution in [0.5, 0.6) is 0 Å². The van der Waals surface area contributed by atoms with Gasteiger partial charge in [-0.1, -0.05) is 12.8 Å².